The molecule has 3 rings (SSSR count). The Hall–Kier alpha value is -2.07. The fraction of sp³-hybridized carbons (Fsp3) is 0.476. The Morgan fingerprint density at radius 3 is 2.96 bits per heavy atom. The number of aliphatic carboxylic acids is 1. The van der Waals surface area contributed by atoms with Gasteiger partial charge in [-0.15, -0.1) is 6.58 Å². The maximum absolute atomic E-state index is 11.4. The molecule has 1 aromatic heterocycles. The predicted octanol–water partition coefficient (Wildman–Crippen LogP) is 2.61. The lowest BCUT2D eigenvalue weighted by Crippen LogP contribution is -2.46. The summed E-state index contributed by atoms with van der Waals surface area (Å²) in [5.41, 5.74) is 2.43. The fourth-order valence-electron chi connectivity index (χ4n) is 4.21. The molecule has 2 aromatic rings. The number of carbonyl (C=O) groups is 1. The summed E-state index contributed by atoms with van der Waals surface area (Å²) >= 11 is 0. The van der Waals surface area contributed by atoms with Gasteiger partial charge in [0.2, 0.25) is 0 Å². The van der Waals surface area contributed by atoms with E-state index in [4.69, 9.17) is 0 Å². The first-order valence-electron chi connectivity index (χ1n) is 9.24. The average Bonchev–Trinajstić information content (AvgIpc) is 3.04. The van der Waals surface area contributed by atoms with Crippen LogP contribution in [0.4, 0.5) is 0 Å². The highest BCUT2D eigenvalue weighted by molar-refractivity contribution is 5.80. The van der Waals surface area contributed by atoms with Gasteiger partial charge in [-0.1, -0.05) is 31.2 Å². The topological polar surface area (TPSA) is 59.2 Å². The number of carbonyl (C=O) groups excluding carboxylic acids is 1. The van der Waals surface area contributed by atoms with Crippen molar-refractivity contribution in [1.82, 2.24) is 9.88 Å². The molecule has 1 aromatic carbocycles. The number of rotatable bonds is 7. The molecule has 1 N–H and O–H groups in total. The Morgan fingerprint density at radius 1 is 1.48 bits per heavy atom. The summed E-state index contributed by atoms with van der Waals surface area (Å²) in [6.45, 7) is 8.69. The van der Waals surface area contributed by atoms with Gasteiger partial charge in [-0.05, 0) is 48.7 Å². The number of hydrogen-bond acceptors (Lipinski definition) is 3. The van der Waals surface area contributed by atoms with Gasteiger partial charge in [0.25, 0.3) is 0 Å². The average molecular weight is 339 g/mol. The van der Waals surface area contributed by atoms with Crippen molar-refractivity contribution in [3.63, 3.8) is 0 Å². The largest absolute Gasteiger partial charge is 0.550 e. The van der Waals surface area contributed by atoms with Crippen molar-refractivity contribution in [3.05, 3.63) is 48.7 Å². The molecule has 3 unspecified atom stereocenters. The van der Waals surface area contributed by atoms with Crippen LogP contribution < -0.4 is 5.11 Å². The number of piperidine rings is 1. The van der Waals surface area contributed by atoms with Gasteiger partial charge in [-0.2, -0.15) is 0 Å². The van der Waals surface area contributed by atoms with E-state index in [1.807, 2.05) is 19.1 Å². The van der Waals surface area contributed by atoms with Crippen LogP contribution in [0.25, 0.3) is 10.9 Å². The third kappa shape index (κ3) is 3.96. The molecular formula is C21H27N2O2-. The lowest BCUT2D eigenvalue weighted by atomic mass is 9.75. The maximum Gasteiger partial charge on any atom is 0.0456 e. The van der Waals surface area contributed by atoms with Crippen LogP contribution in [0.3, 0.4) is 0 Å². The van der Waals surface area contributed by atoms with Crippen molar-refractivity contribution >= 4 is 16.9 Å². The van der Waals surface area contributed by atoms with Crippen LogP contribution in [0.5, 0.6) is 0 Å². The zero-order chi connectivity index (χ0) is 17.8. The Morgan fingerprint density at radius 2 is 2.28 bits per heavy atom. The molecule has 4 nitrogen and oxygen atoms in total. The molecule has 134 valence electrons. The number of benzene rings is 1. The third-order valence-corrected chi connectivity index (χ3v) is 5.64. The second-order valence-electron chi connectivity index (χ2n) is 7.12. The smallest absolute Gasteiger partial charge is 0.0456 e. The van der Waals surface area contributed by atoms with Gasteiger partial charge in [-0.3, -0.25) is 0 Å². The molecule has 1 fully saturated rings. The van der Waals surface area contributed by atoms with Crippen LogP contribution in [0.2, 0.25) is 0 Å². The van der Waals surface area contributed by atoms with E-state index < -0.39 is 5.97 Å². The number of nitrogens with zero attached hydrogens (tertiary/aromatic N) is 1. The molecule has 0 amide bonds. The zero-order valence-electron chi connectivity index (χ0n) is 14.9. The Labute approximate surface area is 149 Å². The highest BCUT2D eigenvalue weighted by Gasteiger charge is 2.32. The normalized spacial score (nSPS) is 22.8. The van der Waals surface area contributed by atoms with Crippen LogP contribution in [-0.2, 0) is 11.2 Å². The zero-order valence-corrected chi connectivity index (χ0v) is 14.9. The van der Waals surface area contributed by atoms with Crippen LogP contribution in [-0.4, -0.2) is 35.5 Å². The number of para-hydroxylation sites is 1. The van der Waals surface area contributed by atoms with E-state index in [0.29, 0.717) is 6.42 Å². The van der Waals surface area contributed by atoms with E-state index in [2.05, 4.69) is 40.7 Å². The summed E-state index contributed by atoms with van der Waals surface area (Å²) in [6, 6.07) is 10.5. The number of nitrogens with one attached hydrogen (secondary N) is 1. The molecule has 0 radical (unpaired) electrons. The molecule has 3 atom stereocenters. The first-order valence-corrected chi connectivity index (χ1v) is 9.24. The summed E-state index contributed by atoms with van der Waals surface area (Å²) in [4.78, 5) is 17.3. The Kier molecular flexibility index (Phi) is 5.59. The van der Waals surface area contributed by atoms with Crippen molar-refractivity contribution in [3.8, 4) is 0 Å². The van der Waals surface area contributed by atoms with Gasteiger partial charge >= 0.3 is 0 Å². The molecule has 0 aliphatic carbocycles. The molecule has 0 saturated carbocycles. The SMILES string of the molecule is C=CC1CN(CCc2cc3ccccc3[nH]2)CCC1C(CC)C(=O)[O-]. The van der Waals surface area contributed by atoms with Gasteiger partial charge in [-0.25, -0.2) is 0 Å². The third-order valence-electron chi connectivity index (χ3n) is 5.64. The summed E-state index contributed by atoms with van der Waals surface area (Å²) in [7, 11) is 0. The molecule has 0 spiro atoms. The standard InChI is InChI=1S/C21H28N2O2/c1-3-15-14-23(12-10-19(15)18(4-2)21(24)25)11-9-17-13-16-7-5-6-8-20(16)22-17/h3,5-8,13,15,18-19,22H,1,4,9-12,14H2,2H3,(H,24,25)/p-1. The van der Waals surface area contributed by atoms with Gasteiger partial charge in [0.1, 0.15) is 0 Å². The molecule has 1 saturated heterocycles. The number of carboxylic acids is 1. The lowest BCUT2D eigenvalue weighted by Gasteiger charge is -2.41. The second kappa shape index (κ2) is 7.87. The molecule has 1 aliphatic heterocycles. The summed E-state index contributed by atoms with van der Waals surface area (Å²) < 4.78 is 0. The van der Waals surface area contributed by atoms with Crippen molar-refractivity contribution < 1.29 is 9.90 Å². The van der Waals surface area contributed by atoms with Gasteiger partial charge in [0.05, 0.1) is 0 Å². The highest BCUT2D eigenvalue weighted by Crippen LogP contribution is 2.32. The quantitative estimate of drug-likeness (QED) is 0.789. The summed E-state index contributed by atoms with van der Waals surface area (Å²) in [5.74, 6) is -0.902. The summed E-state index contributed by atoms with van der Waals surface area (Å²) in [5, 5.41) is 12.7. The number of carboxylic acid groups (broad SMARTS) is 1. The van der Waals surface area contributed by atoms with E-state index in [1.54, 1.807) is 0 Å². The number of fused-ring (bicyclic) bond motifs is 1. The predicted molar refractivity (Wildman–Crippen MR) is 99.0 cm³/mol. The van der Waals surface area contributed by atoms with Crippen molar-refractivity contribution in [2.24, 2.45) is 17.8 Å². The molecule has 4 heteroatoms. The van der Waals surface area contributed by atoms with E-state index in [0.717, 1.165) is 32.5 Å². The Bertz CT molecular complexity index is 703. The summed E-state index contributed by atoms with van der Waals surface area (Å²) in [6.07, 6.45) is 4.44. The highest BCUT2D eigenvalue weighted by atomic mass is 16.4. The first kappa shape index (κ1) is 17.7. The van der Waals surface area contributed by atoms with Crippen LogP contribution >= 0.6 is 0 Å². The lowest BCUT2D eigenvalue weighted by molar-refractivity contribution is -0.314. The van der Waals surface area contributed by atoms with E-state index in [1.165, 1.54) is 16.6 Å². The number of H-pyrrole nitrogens is 1. The minimum absolute atomic E-state index is 0.150. The maximum atomic E-state index is 11.4. The van der Waals surface area contributed by atoms with Crippen LogP contribution in [0, 0.1) is 17.8 Å². The minimum atomic E-state index is -0.911. The van der Waals surface area contributed by atoms with E-state index >= 15 is 0 Å². The minimum Gasteiger partial charge on any atom is -0.550 e. The molecule has 0 bridgehead atoms. The van der Waals surface area contributed by atoms with Crippen molar-refractivity contribution in [2.75, 3.05) is 19.6 Å². The van der Waals surface area contributed by atoms with E-state index in [-0.39, 0.29) is 17.8 Å². The first-order chi connectivity index (χ1) is 12.1. The fourth-order valence-corrected chi connectivity index (χ4v) is 4.21. The number of hydrogen-bond donors (Lipinski definition) is 1. The van der Waals surface area contributed by atoms with Crippen molar-refractivity contribution in [2.45, 2.75) is 26.2 Å². The molecule has 1 aliphatic rings. The van der Waals surface area contributed by atoms with E-state index in [9.17, 15) is 9.90 Å². The monoisotopic (exact) mass is 339 g/mol. The molecule has 25 heavy (non-hydrogen) atoms. The Balaban J connectivity index is 1.59. The van der Waals surface area contributed by atoms with Crippen LogP contribution in [0.1, 0.15) is 25.5 Å². The van der Waals surface area contributed by atoms with Crippen molar-refractivity contribution in [1.29, 1.82) is 0 Å². The second-order valence-corrected chi connectivity index (χ2v) is 7.12. The molecular weight excluding hydrogens is 312 g/mol. The van der Waals surface area contributed by atoms with Gasteiger partial charge < -0.3 is 19.8 Å². The number of likely N-dealkylation sites (tertiary alicyclic amines) is 1. The number of aromatic amines is 1. The van der Waals surface area contributed by atoms with Crippen LogP contribution in [0.15, 0.2) is 43.0 Å². The van der Waals surface area contributed by atoms with Gasteiger partial charge in [0.15, 0.2) is 0 Å². The number of aromatic nitrogens is 1. The molecule has 2 heterocycles. The van der Waals surface area contributed by atoms with Gasteiger partial charge in [0, 0.05) is 42.6 Å².